The zero-order valence-electron chi connectivity index (χ0n) is 12.2. The second-order valence-electron chi connectivity index (χ2n) is 5.64. The molecule has 0 aliphatic heterocycles. The standard InChI is InChI=1S/C15H15N3O3S2/c16-23(19,20)15-10(5-6-22-15)8-17-11-3-4-13-12(7-11)18-14(21-13)9-1-2-9/h3-7,9,17H,1-2,8H2,(H2,16,19,20). The smallest absolute Gasteiger partial charge is 0.247 e. The molecule has 0 atom stereocenters. The number of nitrogens with one attached hydrogen (secondary N) is 1. The van der Waals surface area contributed by atoms with Crippen LogP contribution < -0.4 is 10.5 Å². The molecule has 23 heavy (non-hydrogen) atoms. The normalized spacial score (nSPS) is 15.2. The number of hydrogen-bond donors (Lipinski definition) is 2. The highest BCUT2D eigenvalue weighted by molar-refractivity contribution is 7.91. The zero-order chi connectivity index (χ0) is 16.0. The first-order valence-electron chi connectivity index (χ1n) is 7.24. The Morgan fingerprint density at radius 2 is 2.17 bits per heavy atom. The van der Waals surface area contributed by atoms with Gasteiger partial charge in [-0.1, -0.05) is 0 Å². The van der Waals surface area contributed by atoms with Gasteiger partial charge in [0.2, 0.25) is 10.0 Å². The molecule has 4 rings (SSSR count). The number of rotatable bonds is 5. The van der Waals surface area contributed by atoms with Crippen LogP contribution in [-0.2, 0) is 16.6 Å². The second kappa shape index (κ2) is 5.33. The van der Waals surface area contributed by atoms with Crippen LogP contribution >= 0.6 is 11.3 Å². The molecule has 0 spiro atoms. The Kier molecular flexibility index (Phi) is 3.40. The van der Waals surface area contributed by atoms with E-state index in [0.29, 0.717) is 18.0 Å². The van der Waals surface area contributed by atoms with Crippen molar-refractivity contribution in [2.45, 2.75) is 29.5 Å². The molecule has 2 heterocycles. The van der Waals surface area contributed by atoms with Crippen molar-refractivity contribution in [1.29, 1.82) is 0 Å². The lowest BCUT2D eigenvalue weighted by molar-refractivity contribution is 0.533. The Labute approximate surface area is 137 Å². The van der Waals surface area contributed by atoms with Gasteiger partial charge in [0.15, 0.2) is 11.5 Å². The van der Waals surface area contributed by atoms with Crippen molar-refractivity contribution in [2.24, 2.45) is 5.14 Å². The fourth-order valence-electron chi connectivity index (χ4n) is 2.46. The summed E-state index contributed by atoms with van der Waals surface area (Å²) in [5.74, 6) is 1.29. The SMILES string of the molecule is NS(=O)(=O)c1sccc1CNc1ccc2oc(C3CC3)nc2c1. The van der Waals surface area contributed by atoms with E-state index >= 15 is 0 Å². The van der Waals surface area contributed by atoms with Crippen molar-refractivity contribution in [3.63, 3.8) is 0 Å². The first kappa shape index (κ1) is 14.7. The van der Waals surface area contributed by atoms with Gasteiger partial charge < -0.3 is 9.73 Å². The average Bonchev–Trinajstić information content (AvgIpc) is 3.08. The van der Waals surface area contributed by atoms with Gasteiger partial charge in [-0.2, -0.15) is 0 Å². The molecular formula is C15H15N3O3S2. The monoisotopic (exact) mass is 349 g/mol. The average molecular weight is 349 g/mol. The molecule has 3 N–H and O–H groups in total. The first-order chi connectivity index (χ1) is 11.0. The summed E-state index contributed by atoms with van der Waals surface area (Å²) in [6.45, 7) is 0.383. The number of nitrogens with zero attached hydrogens (tertiary/aromatic N) is 1. The summed E-state index contributed by atoms with van der Waals surface area (Å²) in [4.78, 5) is 4.52. The molecule has 1 aromatic carbocycles. The van der Waals surface area contributed by atoms with E-state index in [1.807, 2.05) is 18.2 Å². The van der Waals surface area contributed by atoms with Crippen LogP contribution in [0.25, 0.3) is 11.1 Å². The van der Waals surface area contributed by atoms with Crippen LogP contribution in [0.4, 0.5) is 5.69 Å². The second-order valence-corrected chi connectivity index (χ2v) is 8.31. The lowest BCUT2D eigenvalue weighted by Crippen LogP contribution is -2.13. The Morgan fingerprint density at radius 1 is 1.35 bits per heavy atom. The third-order valence-electron chi connectivity index (χ3n) is 3.78. The van der Waals surface area contributed by atoms with Crippen molar-refractivity contribution in [3.05, 3.63) is 41.1 Å². The van der Waals surface area contributed by atoms with Crippen LogP contribution in [0.2, 0.25) is 0 Å². The van der Waals surface area contributed by atoms with Crippen LogP contribution in [0.3, 0.4) is 0 Å². The van der Waals surface area contributed by atoms with E-state index in [-0.39, 0.29) is 4.21 Å². The number of benzene rings is 1. The van der Waals surface area contributed by atoms with Gasteiger partial charge in [0, 0.05) is 23.7 Å². The Bertz CT molecular complexity index is 971. The van der Waals surface area contributed by atoms with Crippen LogP contribution in [-0.4, -0.2) is 13.4 Å². The molecule has 1 fully saturated rings. The number of fused-ring (bicyclic) bond motifs is 1. The molecule has 3 aromatic rings. The van der Waals surface area contributed by atoms with Crippen molar-refractivity contribution in [3.8, 4) is 0 Å². The van der Waals surface area contributed by atoms with Crippen LogP contribution in [0.5, 0.6) is 0 Å². The number of sulfonamides is 1. The summed E-state index contributed by atoms with van der Waals surface area (Å²) in [5, 5.41) is 10.1. The van der Waals surface area contributed by atoms with Crippen molar-refractivity contribution < 1.29 is 12.8 Å². The third-order valence-corrected chi connectivity index (χ3v) is 6.29. The van der Waals surface area contributed by atoms with Crippen LogP contribution in [0.1, 0.15) is 30.2 Å². The molecule has 6 nitrogen and oxygen atoms in total. The van der Waals surface area contributed by atoms with E-state index < -0.39 is 10.0 Å². The maximum absolute atomic E-state index is 11.5. The third kappa shape index (κ3) is 2.97. The van der Waals surface area contributed by atoms with Gasteiger partial charge in [-0.25, -0.2) is 18.5 Å². The minimum absolute atomic E-state index is 0.198. The summed E-state index contributed by atoms with van der Waals surface area (Å²) in [6, 6.07) is 7.45. The van der Waals surface area contributed by atoms with E-state index in [1.54, 1.807) is 11.4 Å². The molecule has 2 aromatic heterocycles. The van der Waals surface area contributed by atoms with Gasteiger partial charge in [-0.05, 0) is 42.5 Å². The predicted octanol–water partition coefficient (Wildman–Crippen LogP) is 3.03. The number of nitrogens with two attached hydrogens (primary N) is 1. The largest absolute Gasteiger partial charge is 0.440 e. The molecule has 0 unspecified atom stereocenters. The molecule has 8 heteroatoms. The summed E-state index contributed by atoms with van der Waals surface area (Å²) >= 11 is 1.13. The molecule has 1 aliphatic rings. The van der Waals surface area contributed by atoms with Gasteiger partial charge in [0.25, 0.3) is 0 Å². The highest BCUT2D eigenvalue weighted by Crippen LogP contribution is 2.40. The quantitative estimate of drug-likeness (QED) is 0.738. The fourth-order valence-corrected chi connectivity index (χ4v) is 4.32. The van der Waals surface area contributed by atoms with Crippen molar-refractivity contribution in [2.75, 3.05) is 5.32 Å². The van der Waals surface area contributed by atoms with E-state index in [9.17, 15) is 8.42 Å². The number of hydrogen-bond acceptors (Lipinski definition) is 6. The van der Waals surface area contributed by atoms with Crippen LogP contribution in [0.15, 0.2) is 38.3 Å². The topological polar surface area (TPSA) is 98.2 Å². The number of oxazole rings is 1. The van der Waals surface area contributed by atoms with Gasteiger partial charge in [0.05, 0.1) is 0 Å². The van der Waals surface area contributed by atoms with E-state index in [4.69, 9.17) is 9.56 Å². The summed E-state index contributed by atoms with van der Waals surface area (Å²) in [5.41, 5.74) is 3.11. The lowest BCUT2D eigenvalue weighted by Gasteiger charge is -2.06. The van der Waals surface area contributed by atoms with Gasteiger partial charge in [0.1, 0.15) is 9.73 Å². The number of aromatic nitrogens is 1. The molecular weight excluding hydrogens is 334 g/mol. The zero-order valence-corrected chi connectivity index (χ0v) is 13.8. The summed E-state index contributed by atoms with van der Waals surface area (Å²) < 4.78 is 28.9. The van der Waals surface area contributed by atoms with Crippen molar-refractivity contribution >= 4 is 38.1 Å². The minimum atomic E-state index is -3.68. The molecule has 0 amide bonds. The molecule has 0 radical (unpaired) electrons. The maximum Gasteiger partial charge on any atom is 0.247 e. The maximum atomic E-state index is 11.5. The highest BCUT2D eigenvalue weighted by Gasteiger charge is 2.28. The van der Waals surface area contributed by atoms with Gasteiger partial charge >= 0.3 is 0 Å². The molecule has 1 saturated carbocycles. The van der Waals surface area contributed by atoms with E-state index in [1.165, 1.54) is 0 Å². The Balaban J connectivity index is 1.55. The Morgan fingerprint density at radius 3 is 2.91 bits per heavy atom. The Hall–Kier alpha value is -1.90. The number of anilines is 1. The molecule has 1 aliphatic carbocycles. The fraction of sp³-hybridized carbons (Fsp3) is 0.267. The minimum Gasteiger partial charge on any atom is -0.440 e. The van der Waals surface area contributed by atoms with E-state index in [2.05, 4.69) is 10.3 Å². The predicted molar refractivity (Wildman–Crippen MR) is 89.0 cm³/mol. The highest BCUT2D eigenvalue weighted by atomic mass is 32.2. The van der Waals surface area contributed by atoms with Gasteiger partial charge in [-0.3, -0.25) is 0 Å². The summed E-state index contributed by atoms with van der Waals surface area (Å²) in [6.07, 6.45) is 2.29. The molecule has 0 saturated heterocycles. The first-order valence-corrected chi connectivity index (χ1v) is 9.67. The number of primary sulfonamides is 1. The molecule has 0 bridgehead atoms. The van der Waals surface area contributed by atoms with Crippen LogP contribution in [0, 0.1) is 0 Å². The van der Waals surface area contributed by atoms with Crippen molar-refractivity contribution in [1.82, 2.24) is 4.98 Å². The lowest BCUT2D eigenvalue weighted by atomic mass is 10.2. The molecule has 120 valence electrons. The summed E-state index contributed by atoms with van der Waals surface area (Å²) in [7, 11) is -3.68. The van der Waals surface area contributed by atoms with E-state index in [0.717, 1.165) is 46.9 Å². The van der Waals surface area contributed by atoms with Gasteiger partial charge in [-0.15, -0.1) is 11.3 Å². The number of thiophene rings is 1.